The van der Waals surface area contributed by atoms with E-state index in [-0.39, 0.29) is 0 Å². The lowest BCUT2D eigenvalue weighted by Gasteiger charge is -2.09. The van der Waals surface area contributed by atoms with E-state index in [0.717, 1.165) is 23.8 Å². The molecule has 0 aliphatic heterocycles. The predicted molar refractivity (Wildman–Crippen MR) is 79.3 cm³/mol. The maximum atomic E-state index is 5.22. The van der Waals surface area contributed by atoms with Crippen LogP contribution < -0.4 is 5.32 Å². The zero-order valence-electron chi connectivity index (χ0n) is 11.7. The summed E-state index contributed by atoms with van der Waals surface area (Å²) in [6, 6.07) is 8.38. The summed E-state index contributed by atoms with van der Waals surface area (Å²) < 4.78 is 5.22. The molecular formula is C15H20N2OS. The number of nitrogens with one attached hydrogen (secondary N) is 1. The molecule has 0 bridgehead atoms. The minimum absolute atomic E-state index is 0.663. The standard InChI is InChI=1S/C15H20N2OS/c1-11-15(19-12(2)17-11)9-16-8-13-6-4-5-7-14(13)10-18-3/h4-7,16H,8-10H2,1-3H3. The maximum absolute atomic E-state index is 5.22. The highest BCUT2D eigenvalue weighted by Gasteiger charge is 2.05. The second-order valence-corrected chi connectivity index (χ2v) is 5.83. The molecule has 1 aromatic carbocycles. The molecule has 0 amide bonds. The van der Waals surface area contributed by atoms with Crippen molar-refractivity contribution >= 4 is 11.3 Å². The van der Waals surface area contributed by atoms with Gasteiger partial charge in [-0.15, -0.1) is 11.3 Å². The largest absolute Gasteiger partial charge is 0.380 e. The van der Waals surface area contributed by atoms with Crippen LogP contribution in [0.2, 0.25) is 0 Å². The molecule has 0 atom stereocenters. The van der Waals surface area contributed by atoms with Gasteiger partial charge in [-0.3, -0.25) is 0 Å². The number of hydrogen-bond donors (Lipinski definition) is 1. The van der Waals surface area contributed by atoms with Crippen LogP contribution in [0.1, 0.15) is 26.7 Å². The van der Waals surface area contributed by atoms with Crippen LogP contribution >= 0.6 is 11.3 Å². The molecule has 2 aromatic rings. The zero-order chi connectivity index (χ0) is 13.7. The van der Waals surface area contributed by atoms with Crippen molar-refractivity contribution < 1.29 is 4.74 Å². The average Bonchev–Trinajstić information content (AvgIpc) is 2.70. The summed E-state index contributed by atoms with van der Waals surface area (Å²) in [5, 5.41) is 4.62. The van der Waals surface area contributed by atoms with Crippen LogP contribution in [0.5, 0.6) is 0 Å². The Hall–Kier alpha value is -1.23. The van der Waals surface area contributed by atoms with Crippen molar-refractivity contribution in [2.45, 2.75) is 33.5 Å². The van der Waals surface area contributed by atoms with Gasteiger partial charge in [0.1, 0.15) is 0 Å². The minimum atomic E-state index is 0.663. The van der Waals surface area contributed by atoms with Crippen molar-refractivity contribution in [1.82, 2.24) is 10.3 Å². The summed E-state index contributed by atoms with van der Waals surface area (Å²) in [4.78, 5) is 5.76. The van der Waals surface area contributed by atoms with Gasteiger partial charge in [-0.1, -0.05) is 24.3 Å². The molecule has 4 heteroatoms. The van der Waals surface area contributed by atoms with Crippen molar-refractivity contribution in [3.8, 4) is 0 Å². The second kappa shape index (κ2) is 6.80. The SMILES string of the molecule is COCc1ccccc1CNCc1sc(C)nc1C. The van der Waals surface area contributed by atoms with Crippen LogP contribution in [-0.2, 0) is 24.4 Å². The average molecular weight is 276 g/mol. The third-order valence-electron chi connectivity index (χ3n) is 3.02. The van der Waals surface area contributed by atoms with E-state index in [0.29, 0.717) is 6.61 Å². The molecule has 2 rings (SSSR count). The lowest BCUT2D eigenvalue weighted by atomic mass is 10.1. The Bertz CT molecular complexity index is 537. The first-order valence-electron chi connectivity index (χ1n) is 6.40. The predicted octanol–water partition coefficient (Wildman–Crippen LogP) is 3.20. The van der Waals surface area contributed by atoms with E-state index in [2.05, 4.69) is 48.4 Å². The van der Waals surface area contributed by atoms with E-state index in [1.54, 1.807) is 18.4 Å². The van der Waals surface area contributed by atoms with Crippen molar-refractivity contribution in [3.63, 3.8) is 0 Å². The molecule has 1 aromatic heterocycles. The van der Waals surface area contributed by atoms with Crippen LogP contribution in [0, 0.1) is 13.8 Å². The van der Waals surface area contributed by atoms with Crippen molar-refractivity contribution in [3.05, 3.63) is 51.0 Å². The molecule has 0 aliphatic rings. The maximum Gasteiger partial charge on any atom is 0.0900 e. The second-order valence-electron chi connectivity index (χ2n) is 4.55. The van der Waals surface area contributed by atoms with Crippen LogP contribution in [0.15, 0.2) is 24.3 Å². The lowest BCUT2D eigenvalue weighted by molar-refractivity contribution is 0.184. The van der Waals surface area contributed by atoms with E-state index in [1.165, 1.54) is 16.0 Å². The number of ether oxygens (including phenoxy) is 1. The molecule has 0 saturated carbocycles. The van der Waals surface area contributed by atoms with E-state index >= 15 is 0 Å². The fraction of sp³-hybridized carbons (Fsp3) is 0.400. The molecule has 3 nitrogen and oxygen atoms in total. The summed E-state index contributed by atoms with van der Waals surface area (Å²) in [5.41, 5.74) is 3.68. The molecule has 0 saturated heterocycles. The summed E-state index contributed by atoms with van der Waals surface area (Å²) in [5.74, 6) is 0. The Morgan fingerprint density at radius 2 is 1.89 bits per heavy atom. The van der Waals surface area contributed by atoms with Gasteiger partial charge in [0.25, 0.3) is 0 Å². The Morgan fingerprint density at radius 1 is 1.16 bits per heavy atom. The Kier molecular flexibility index (Phi) is 5.07. The quantitative estimate of drug-likeness (QED) is 0.880. The summed E-state index contributed by atoms with van der Waals surface area (Å²) in [6.45, 7) is 6.51. The normalized spacial score (nSPS) is 10.9. The van der Waals surface area contributed by atoms with Gasteiger partial charge < -0.3 is 10.1 Å². The van der Waals surface area contributed by atoms with E-state index < -0.39 is 0 Å². The topological polar surface area (TPSA) is 34.1 Å². The molecule has 0 radical (unpaired) electrons. The number of benzene rings is 1. The number of methoxy groups -OCH3 is 1. The van der Waals surface area contributed by atoms with Gasteiger partial charge in [0.15, 0.2) is 0 Å². The molecule has 0 fully saturated rings. The molecule has 0 aliphatic carbocycles. The first kappa shape index (κ1) is 14.2. The van der Waals surface area contributed by atoms with Crippen molar-refractivity contribution in [2.24, 2.45) is 0 Å². The number of nitrogens with zero attached hydrogens (tertiary/aromatic N) is 1. The monoisotopic (exact) mass is 276 g/mol. The molecular weight excluding hydrogens is 256 g/mol. The number of rotatable bonds is 6. The third-order valence-corrected chi connectivity index (χ3v) is 4.09. The highest BCUT2D eigenvalue weighted by Crippen LogP contribution is 2.17. The highest BCUT2D eigenvalue weighted by atomic mass is 32.1. The summed E-state index contributed by atoms with van der Waals surface area (Å²) in [7, 11) is 1.73. The molecule has 102 valence electrons. The van der Waals surface area contributed by atoms with E-state index in [1.807, 2.05) is 0 Å². The first-order chi connectivity index (χ1) is 9.20. The van der Waals surface area contributed by atoms with Crippen LogP contribution in [-0.4, -0.2) is 12.1 Å². The third kappa shape index (κ3) is 3.86. The Morgan fingerprint density at radius 3 is 2.53 bits per heavy atom. The molecule has 0 unspecified atom stereocenters. The summed E-state index contributed by atoms with van der Waals surface area (Å²) >= 11 is 1.77. The van der Waals surface area contributed by atoms with E-state index in [9.17, 15) is 0 Å². The number of aryl methyl sites for hydroxylation is 2. The zero-order valence-corrected chi connectivity index (χ0v) is 12.5. The van der Waals surface area contributed by atoms with Crippen molar-refractivity contribution in [1.29, 1.82) is 0 Å². The van der Waals surface area contributed by atoms with Gasteiger partial charge >= 0.3 is 0 Å². The fourth-order valence-electron chi connectivity index (χ4n) is 2.07. The van der Waals surface area contributed by atoms with E-state index in [4.69, 9.17) is 4.74 Å². The summed E-state index contributed by atoms with van der Waals surface area (Å²) in [6.07, 6.45) is 0. The van der Waals surface area contributed by atoms with Gasteiger partial charge in [0.05, 0.1) is 17.3 Å². The molecule has 1 N–H and O–H groups in total. The minimum Gasteiger partial charge on any atom is -0.380 e. The van der Waals surface area contributed by atoms with Crippen molar-refractivity contribution in [2.75, 3.05) is 7.11 Å². The van der Waals surface area contributed by atoms with Gasteiger partial charge in [-0.05, 0) is 25.0 Å². The molecule has 19 heavy (non-hydrogen) atoms. The number of thiazole rings is 1. The van der Waals surface area contributed by atoms with Crippen LogP contribution in [0.25, 0.3) is 0 Å². The molecule has 0 spiro atoms. The van der Waals surface area contributed by atoms with Gasteiger partial charge in [0.2, 0.25) is 0 Å². The molecule has 1 heterocycles. The fourth-order valence-corrected chi connectivity index (χ4v) is 2.98. The number of aromatic nitrogens is 1. The first-order valence-corrected chi connectivity index (χ1v) is 7.21. The van der Waals surface area contributed by atoms with Gasteiger partial charge in [-0.25, -0.2) is 4.98 Å². The van der Waals surface area contributed by atoms with Gasteiger partial charge in [-0.2, -0.15) is 0 Å². The smallest absolute Gasteiger partial charge is 0.0900 e. The lowest BCUT2D eigenvalue weighted by Crippen LogP contribution is -2.14. The highest BCUT2D eigenvalue weighted by molar-refractivity contribution is 7.11. The Labute approximate surface area is 118 Å². The van der Waals surface area contributed by atoms with Crippen LogP contribution in [0.3, 0.4) is 0 Å². The Balaban J connectivity index is 1.94. The van der Waals surface area contributed by atoms with Crippen LogP contribution in [0.4, 0.5) is 0 Å². The number of hydrogen-bond acceptors (Lipinski definition) is 4. The van der Waals surface area contributed by atoms with Gasteiger partial charge in [0, 0.05) is 25.1 Å².